The Balaban J connectivity index is 1.82. The number of aliphatic hydroxyl groups excluding tert-OH is 1. The number of imidazole rings is 1. The highest BCUT2D eigenvalue weighted by Crippen LogP contribution is 2.75. The minimum absolute atomic E-state index is 0.112. The normalized spacial score (nSPS) is 31.7. The molecule has 5 atom stereocenters. The van der Waals surface area contributed by atoms with Gasteiger partial charge in [0.2, 0.25) is 5.82 Å². The predicted octanol–water partition coefficient (Wildman–Crippen LogP) is -0.974. The van der Waals surface area contributed by atoms with Gasteiger partial charge in [-0.3, -0.25) is 9.36 Å². The molecule has 1 saturated carbocycles. The summed E-state index contributed by atoms with van der Waals surface area (Å²) in [7, 11) is 0. The lowest BCUT2D eigenvalue weighted by molar-refractivity contribution is -0.162. The van der Waals surface area contributed by atoms with Crippen LogP contribution in [0.5, 0.6) is 0 Å². The van der Waals surface area contributed by atoms with Gasteiger partial charge >= 0.3 is 0 Å². The Kier molecular flexibility index (Phi) is 4.71. The maximum absolute atomic E-state index is 12.2. The largest absolute Gasteiger partial charge is 0.383 e. The number of aliphatic hydroxyl groups is 3. The highest BCUT2D eigenvalue weighted by molar-refractivity contribution is 5.84. The van der Waals surface area contributed by atoms with Gasteiger partial charge in [-0.2, -0.15) is 15.2 Å². The van der Waals surface area contributed by atoms with E-state index < -0.39 is 41.0 Å². The molecular weight excluding hydrogens is 406 g/mol. The van der Waals surface area contributed by atoms with E-state index in [1.54, 1.807) is 20.8 Å². The Morgan fingerprint density at radius 1 is 1.32 bits per heavy atom. The third kappa shape index (κ3) is 2.48. The van der Waals surface area contributed by atoms with Gasteiger partial charge in [0.25, 0.3) is 5.91 Å². The van der Waals surface area contributed by atoms with Crippen LogP contribution in [0.15, 0.2) is 6.33 Å². The van der Waals surface area contributed by atoms with Crippen LogP contribution in [0.2, 0.25) is 0 Å². The van der Waals surface area contributed by atoms with E-state index in [0.29, 0.717) is 17.9 Å². The number of nitrogens with zero attached hydrogens (tertiary/aromatic N) is 5. The fourth-order valence-electron chi connectivity index (χ4n) is 4.72. The van der Waals surface area contributed by atoms with Gasteiger partial charge in [-0.25, -0.2) is 4.98 Å². The van der Waals surface area contributed by atoms with Crippen molar-refractivity contribution in [1.82, 2.24) is 24.8 Å². The van der Waals surface area contributed by atoms with Gasteiger partial charge < -0.3 is 30.7 Å². The summed E-state index contributed by atoms with van der Waals surface area (Å²) in [6, 6.07) is 1.89. The van der Waals surface area contributed by atoms with Gasteiger partial charge in [-0.05, 0) is 13.8 Å². The summed E-state index contributed by atoms with van der Waals surface area (Å²) in [5, 5.41) is 48.2. The number of amides is 1. The van der Waals surface area contributed by atoms with Crippen molar-refractivity contribution >= 4 is 22.9 Å². The Morgan fingerprint density at radius 2 is 2.03 bits per heavy atom. The number of anilines is 1. The molecule has 1 unspecified atom stereocenters. The standard InChI is InChI=1S/C19H25N7O5/c1-5-21-13-10-14(25-9(7-20)24-13)26(8-23-10)16-19(30)17(3,4)18(19,29)12(31-16)11(27)15(28)22-6-2/h8,11-12,16,27,29-30H,5-6H2,1-4H3,(H,22,28)(H,21,24,25)/t11?,12-,16-,18+,19-/m1/s1. The summed E-state index contributed by atoms with van der Waals surface area (Å²) in [5.41, 5.74) is -4.31. The van der Waals surface area contributed by atoms with Crippen LogP contribution in [0.3, 0.4) is 0 Å². The SMILES string of the molecule is CCNC(=O)C(O)[C@H]1O[C@@H](n2cnc3c(NCC)nc(C#N)nc32)[C@@]2(O)C(C)(C)[C@@]12O. The van der Waals surface area contributed by atoms with Crippen molar-refractivity contribution in [3.63, 3.8) is 0 Å². The van der Waals surface area contributed by atoms with Crippen molar-refractivity contribution in [3.05, 3.63) is 12.2 Å². The van der Waals surface area contributed by atoms with Crippen LogP contribution in [0.25, 0.3) is 11.2 Å². The summed E-state index contributed by atoms with van der Waals surface area (Å²) >= 11 is 0. The molecule has 166 valence electrons. The van der Waals surface area contributed by atoms with Gasteiger partial charge in [-0.15, -0.1) is 0 Å². The van der Waals surface area contributed by atoms with Crippen molar-refractivity contribution in [3.8, 4) is 6.07 Å². The zero-order valence-electron chi connectivity index (χ0n) is 17.6. The molecule has 2 aromatic heterocycles. The molecule has 2 aliphatic rings. The maximum atomic E-state index is 12.2. The van der Waals surface area contributed by atoms with Gasteiger partial charge in [0.1, 0.15) is 23.4 Å². The van der Waals surface area contributed by atoms with Crippen molar-refractivity contribution in [2.24, 2.45) is 5.41 Å². The van der Waals surface area contributed by atoms with E-state index in [4.69, 9.17) is 4.74 Å². The number of carbonyl (C=O) groups is 1. The zero-order chi connectivity index (χ0) is 22.8. The van der Waals surface area contributed by atoms with Gasteiger partial charge in [0.05, 0.1) is 6.33 Å². The fourth-order valence-corrected chi connectivity index (χ4v) is 4.72. The van der Waals surface area contributed by atoms with E-state index in [2.05, 4.69) is 25.6 Å². The molecule has 4 rings (SSSR count). The third-order valence-corrected chi connectivity index (χ3v) is 6.49. The number of nitriles is 1. The monoisotopic (exact) mass is 431 g/mol. The van der Waals surface area contributed by atoms with Crippen LogP contribution in [0.4, 0.5) is 5.82 Å². The molecule has 12 heteroatoms. The van der Waals surface area contributed by atoms with E-state index in [0.717, 1.165) is 0 Å². The predicted molar refractivity (Wildman–Crippen MR) is 106 cm³/mol. The zero-order valence-corrected chi connectivity index (χ0v) is 17.6. The Labute approximate surface area is 177 Å². The molecule has 3 heterocycles. The molecule has 0 spiro atoms. The number of hydrogen-bond acceptors (Lipinski definition) is 10. The average molecular weight is 431 g/mol. The lowest BCUT2D eigenvalue weighted by Crippen LogP contribution is -2.50. The number of rotatable bonds is 6. The first kappa shape index (κ1) is 21.4. The van der Waals surface area contributed by atoms with E-state index >= 15 is 0 Å². The highest BCUT2D eigenvalue weighted by Gasteiger charge is 2.93. The quantitative estimate of drug-likeness (QED) is 0.382. The van der Waals surface area contributed by atoms with Crippen LogP contribution < -0.4 is 10.6 Å². The molecule has 12 nitrogen and oxygen atoms in total. The second-order valence-electron chi connectivity index (χ2n) is 8.27. The van der Waals surface area contributed by atoms with Crippen LogP contribution in [0.1, 0.15) is 39.7 Å². The molecule has 31 heavy (non-hydrogen) atoms. The number of likely N-dealkylation sites (N-methyl/N-ethyl adjacent to an activating group) is 1. The van der Waals surface area contributed by atoms with Crippen molar-refractivity contribution < 1.29 is 24.9 Å². The van der Waals surface area contributed by atoms with E-state index in [1.165, 1.54) is 10.9 Å². The number of fused-ring (bicyclic) bond motifs is 2. The second kappa shape index (κ2) is 6.83. The molecule has 2 aromatic rings. The molecule has 0 aromatic carbocycles. The fraction of sp³-hybridized carbons (Fsp3) is 0.632. The lowest BCUT2D eigenvalue weighted by atomic mass is 9.97. The Bertz CT molecular complexity index is 1100. The molecule has 0 bridgehead atoms. The van der Waals surface area contributed by atoms with Crippen molar-refractivity contribution in [2.75, 3.05) is 18.4 Å². The molecule has 1 aliphatic heterocycles. The summed E-state index contributed by atoms with van der Waals surface area (Å²) < 4.78 is 7.26. The molecule has 2 fully saturated rings. The number of nitrogens with one attached hydrogen (secondary N) is 2. The molecule has 1 amide bonds. The van der Waals surface area contributed by atoms with Crippen molar-refractivity contribution in [2.45, 2.75) is 57.3 Å². The van der Waals surface area contributed by atoms with E-state index in [-0.39, 0.29) is 18.0 Å². The molecule has 0 radical (unpaired) electrons. The second-order valence-corrected chi connectivity index (χ2v) is 8.27. The molecule has 1 aliphatic carbocycles. The van der Waals surface area contributed by atoms with Crippen LogP contribution in [0, 0.1) is 16.7 Å². The highest BCUT2D eigenvalue weighted by atomic mass is 16.6. The minimum atomic E-state index is -1.90. The summed E-state index contributed by atoms with van der Waals surface area (Å²) in [6.45, 7) is 7.62. The van der Waals surface area contributed by atoms with E-state index in [9.17, 15) is 25.4 Å². The summed E-state index contributed by atoms with van der Waals surface area (Å²) in [4.78, 5) is 24.9. The Hall–Kier alpha value is -2.85. The van der Waals surface area contributed by atoms with Gasteiger partial charge in [0.15, 0.2) is 29.3 Å². The lowest BCUT2D eigenvalue weighted by Gasteiger charge is -2.29. The smallest absolute Gasteiger partial charge is 0.251 e. The van der Waals surface area contributed by atoms with Crippen LogP contribution >= 0.6 is 0 Å². The van der Waals surface area contributed by atoms with E-state index in [1.807, 2.05) is 13.0 Å². The number of hydrogen-bond donors (Lipinski definition) is 5. The molecule has 5 N–H and O–H groups in total. The minimum Gasteiger partial charge on any atom is -0.383 e. The van der Waals surface area contributed by atoms with Gasteiger partial charge in [0, 0.05) is 18.5 Å². The molecule has 1 saturated heterocycles. The van der Waals surface area contributed by atoms with Crippen molar-refractivity contribution in [1.29, 1.82) is 5.26 Å². The average Bonchev–Trinajstić information content (AvgIpc) is 3.10. The first-order valence-corrected chi connectivity index (χ1v) is 10.0. The van der Waals surface area contributed by atoms with Gasteiger partial charge in [-0.1, -0.05) is 13.8 Å². The first-order chi connectivity index (χ1) is 14.6. The summed E-state index contributed by atoms with van der Waals surface area (Å²) in [6.07, 6.45) is -2.96. The topological polar surface area (TPSA) is 178 Å². The van der Waals surface area contributed by atoms with Crippen LogP contribution in [-0.2, 0) is 9.53 Å². The number of aromatic nitrogens is 4. The maximum Gasteiger partial charge on any atom is 0.251 e. The van der Waals surface area contributed by atoms with Crippen LogP contribution in [-0.4, -0.2) is 77.2 Å². The first-order valence-electron chi connectivity index (χ1n) is 10.0. The summed E-state index contributed by atoms with van der Waals surface area (Å²) in [5.74, 6) is -0.484. The number of ether oxygens (including phenoxy) is 1. The Morgan fingerprint density at radius 3 is 2.65 bits per heavy atom. The number of carbonyl (C=O) groups excluding carboxylic acids is 1. The third-order valence-electron chi connectivity index (χ3n) is 6.49. The molecular formula is C19H25N7O5.